The van der Waals surface area contributed by atoms with Crippen LogP contribution in [-0.4, -0.2) is 17.7 Å². The van der Waals surface area contributed by atoms with Gasteiger partial charge < -0.3 is 14.6 Å². The number of hydrogen-bond acceptors (Lipinski definition) is 3. The molecule has 1 aromatic carbocycles. The van der Waals surface area contributed by atoms with Gasteiger partial charge in [-0.05, 0) is 30.3 Å². The summed E-state index contributed by atoms with van der Waals surface area (Å²) in [5.41, 5.74) is 3.87. The Balaban J connectivity index is 2.05. The topological polar surface area (TPSA) is 50.0 Å². The monoisotopic (exact) mass is 239 g/mol. The van der Waals surface area contributed by atoms with Crippen LogP contribution in [0.3, 0.4) is 0 Å². The molecule has 0 saturated heterocycles. The molecule has 90 valence electrons. The molecule has 0 saturated carbocycles. The van der Waals surface area contributed by atoms with E-state index in [0.717, 1.165) is 30.1 Å². The van der Waals surface area contributed by atoms with Crippen LogP contribution in [0.2, 0.25) is 0 Å². The minimum absolute atomic E-state index is 0.610. The zero-order valence-electron chi connectivity index (χ0n) is 9.89. The summed E-state index contributed by atoms with van der Waals surface area (Å²) in [6.07, 6.45) is 1.89. The Morgan fingerprint density at radius 3 is 3.17 bits per heavy atom. The Morgan fingerprint density at radius 1 is 1.33 bits per heavy atom. The highest BCUT2D eigenvalue weighted by molar-refractivity contribution is 5.57. The fourth-order valence-corrected chi connectivity index (χ4v) is 2.16. The van der Waals surface area contributed by atoms with Crippen LogP contribution in [0.25, 0.3) is 5.69 Å². The van der Waals surface area contributed by atoms with Crippen LogP contribution in [-0.2, 0) is 11.3 Å². The number of benzene rings is 1. The van der Waals surface area contributed by atoms with E-state index in [1.165, 1.54) is 0 Å². The molecule has 0 bridgehead atoms. The predicted octanol–water partition coefficient (Wildman–Crippen LogP) is 2.29. The van der Waals surface area contributed by atoms with Crippen molar-refractivity contribution in [3.8, 4) is 11.8 Å². The molecule has 2 heterocycles. The van der Waals surface area contributed by atoms with Crippen LogP contribution in [0.5, 0.6) is 0 Å². The van der Waals surface area contributed by atoms with Crippen LogP contribution in [0.4, 0.5) is 5.69 Å². The normalized spacial score (nSPS) is 14.2. The second-order valence-electron chi connectivity index (χ2n) is 4.20. The number of nitrogens with one attached hydrogen (secondary N) is 1. The van der Waals surface area contributed by atoms with Crippen LogP contribution >= 0.6 is 0 Å². The molecule has 1 aliphatic heterocycles. The van der Waals surface area contributed by atoms with Crippen LogP contribution in [0, 0.1) is 11.3 Å². The Kier molecular flexibility index (Phi) is 2.75. The van der Waals surface area contributed by atoms with E-state index in [9.17, 15) is 0 Å². The van der Waals surface area contributed by atoms with E-state index in [0.29, 0.717) is 12.3 Å². The van der Waals surface area contributed by atoms with Crippen molar-refractivity contribution in [3.05, 3.63) is 47.8 Å². The largest absolute Gasteiger partial charge is 0.382 e. The maximum Gasteiger partial charge on any atom is 0.124 e. The molecule has 0 amide bonds. The summed E-state index contributed by atoms with van der Waals surface area (Å²) < 4.78 is 7.39. The molecule has 1 aliphatic rings. The maximum atomic E-state index is 9.04. The summed E-state index contributed by atoms with van der Waals surface area (Å²) in [5, 5.41) is 12.4. The Hall–Kier alpha value is -2.25. The highest BCUT2D eigenvalue weighted by Gasteiger charge is 2.09. The van der Waals surface area contributed by atoms with Crippen molar-refractivity contribution in [1.82, 2.24) is 4.57 Å². The van der Waals surface area contributed by atoms with Gasteiger partial charge in [0.1, 0.15) is 11.8 Å². The lowest BCUT2D eigenvalue weighted by atomic mass is 10.1. The molecule has 4 heteroatoms. The second-order valence-corrected chi connectivity index (χ2v) is 4.20. The fraction of sp³-hybridized carbons (Fsp3) is 0.214. The number of fused-ring (bicyclic) bond motifs is 1. The van der Waals surface area contributed by atoms with Crippen molar-refractivity contribution in [1.29, 1.82) is 5.26 Å². The van der Waals surface area contributed by atoms with Crippen molar-refractivity contribution in [2.75, 3.05) is 18.5 Å². The highest BCUT2D eigenvalue weighted by Crippen LogP contribution is 2.23. The number of nitrogens with zero attached hydrogens (tertiary/aromatic N) is 2. The Bertz CT molecular complexity index is 610. The van der Waals surface area contributed by atoms with E-state index in [4.69, 9.17) is 10.00 Å². The van der Waals surface area contributed by atoms with E-state index in [1.54, 1.807) is 6.07 Å². The van der Waals surface area contributed by atoms with E-state index in [2.05, 4.69) is 17.5 Å². The number of ether oxygens (including phenoxy) is 1. The van der Waals surface area contributed by atoms with Crippen molar-refractivity contribution in [3.63, 3.8) is 0 Å². The molecule has 18 heavy (non-hydrogen) atoms. The fourth-order valence-electron chi connectivity index (χ4n) is 2.16. The molecule has 0 aliphatic carbocycles. The Labute approximate surface area is 105 Å². The first kappa shape index (κ1) is 10.9. The summed E-state index contributed by atoms with van der Waals surface area (Å²) >= 11 is 0. The zero-order valence-corrected chi connectivity index (χ0v) is 9.89. The average Bonchev–Trinajstić information content (AvgIpc) is 2.76. The van der Waals surface area contributed by atoms with E-state index < -0.39 is 0 Å². The molecular formula is C14H13N3O. The smallest absolute Gasteiger partial charge is 0.124 e. The zero-order chi connectivity index (χ0) is 12.4. The van der Waals surface area contributed by atoms with Crippen LogP contribution in [0.1, 0.15) is 11.3 Å². The number of nitriles is 1. The summed E-state index contributed by atoms with van der Waals surface area (Å²) in [5.74, 6) is 0. The molecular weight excluding hydrogens is 226 g/mol. The van der Waals surface area contributed by atoms with Gasteiger partial charge in [0.25, 0.3) is 0 Å². The van der Waals surface area contributed by atoms with Gasteiger partial charge in [0, 0.05) is 29.7 Å². The van der Waals surface area contributed by atoms with Gasteiger partial charge in [0.05, 0.1) is 13.2 Å². The summed E-state index contributed by atoms with van der Waals surface area (Å²) in [7, 11) is 0. The summed E-state index contributed by atoms with van der Waals surface area (Å²) in [6.45, 7) is 2.16. The van der Waals surface area contributed by atoms with Gasteiger partial charge in [0.15, 0.2) is 0 Å². The first-order valence-electron chi connectivity index (χ1n) is 5.91. The third kappa shape index (κ3) is 1.85. The third-order valence-corrected chi connectivity index (χ3v) is 3.05. The summed E-state index contributed by atoms with van der Waals surface area (Å²) in [4.78, 5) is 0. The van der Waals surface area contributed by atoms with Crippen molar-refractivity contribution in [2.45, 2.75) is 6.61 Å². The molecule has 0 spiro atoms. The SMILES string of the molecule is N#Cc1cccn1-c1ccc2c(c1)COCCN2. The van der Waals surface area contributed by atoms with Gasteiger partial charge in [-0.1, -0.05) is 0 Å². The number of anilines is 1. The van der Waals surface area contributed by atoms with Gasteiger partial charge in [-0.2, -0.15) is 5.26 Å². The number of hydrogen-bond donors (Lipinski definition) is 1. The quantitative estimate of drug-likeness (QED) is 0.830. The molecule has 1 aromatic heterocycles. The maximum absolute atomic E-state index is 9.04. The first-order chi connectivity index (χ1) is 8.88. The summed E-state index contributed by atoms with van der Waals surface area (Å²) in [6, 6.07) is 12.0. The molecule has 4 nitrogen and oxygen atoms in total. The number of aromatic nitrogens is 1. The number of rotatable bonds is 1. The van der Waals surface area contributed by atoms with Crippen molar-refractivity contribution in [2.24, 2.45) is 0 Å². The van der Waals surface area contributed by atoms with Gasteiger partial charge in [0.2, 0.25) is 0 Å². The highest BCUT2D eigenvalue weighted by atomic mass is 16.5. The third-order valence-electron chi connectivity index (χ3n) is 3.05. The molecule has 3 rings (SSSR count). The van der Waals surface area contributed by atoms with Gasteiger partial charge >= 0.3 is 0 Å². The van der Waals surface area contributed by atoms with E-state index in [1.807, 2.05) is 29.0 Å². The molecule has 2 aromatic rings. The molecule has 1 N–H and O–H groups in total. The minimum Gasteiger partial charge on any atom is -0.382 e. The van der Waals surface area contributed by atoms with Gasteiger partial charge in [-0.25, -0.2) is 0 Å². The lowest BCUT2D eigenvalue weighted by molar-refractivity contribution is 0.134. The van der Waals surface area contributed by atoms with Gasteiger partial charge in [-0.3, -0.25) is 0 Å². The first-order valence-corrected chi connectivity index (χ1v) is 5.91. The molecule has 0 fully saturated rings. The Morgan fingerprint density at radius 2 is 2.28 bits per heavy atom. The van der Waals surface area contributed by atoms with Crippen molar-refractivity contribution >= 4 is 5.69 Å². The van der Waals surface area contributed by atoms with Crippen LogP contribution in [0.15, 0.2) is 36.5 Å². The lowest BCUT2D eigenvalue weighted by Crippen LogP contribution is -2.04. The minimum atomic E-state index is 0.610. The van der Waals surface area contributed by atoms with Crippen LogP contribution < -0.4 is 5.32 Å². The van der Waals surface area contributed by atoms with E-state index in [-0.39, 0.29) is 0 Å². The predicted molar refractivity (Wildman–Crippen MR) is 68.6 cm³/mol. The second kappa shape index (κ2) is 4.55. The molecule has 0 atom stereocenters. The lowest BCUT2D eigenvalue weighted by Gasteiger charge is -2.10. The van der Waals surface area contributed by atoms with Crippen molar-refractivity contribution < 1.29 is 4.74 Å². The average molecular weight is 239 g/mol. The molecule has 0 radical (unpaired) electrons. The van der Waals surface area contributed by atoms with Gasteiger partial charge in [-0.15, -0.1) is 0 Å². The standard InChI is InChI=1S/C14H13N3O/c15-9-13-2-1-6-17(13)12-3-4-14-11(8-12)10-18-7-5-16-14/h1-4,6,8,16H,5,7,10H2. The van der Waals surface area contributed by atoms with E-state index >= 15 is 0 Å². The molecule has 0 unspecified atom stereocenters.